The summed E-state index contributed by atoms with van der Waals surface area (Å²) < 4.78 is 107. The van der Waals surface area contributed by atoms with Crippen molar-refractivity contribution in [3.8, 4) is 11.4 Å². The Morgan fingerprint density at radius 3 is 1.74 bits per heavy atom. The summed E-state index contributed by atoms with van der Waals surface area (Å²) in [4.78, 5) is 138. The average molecular weight is 1850 g/mol. The maximum atomic E-state index is 15.6. The SMILES string of the molecule is CCOC(=O)C(CC)Cc1cnnn1CCOCCOCCOCCOCCOCCOCCOCCOCCOCCOCCOCCOCCC(=O)NCCCC[C@H](NC(=O)OC(C)(C)C)C(=O)N[C@H](C(=O)N[C@@H](CCCNC(N)=O)C(=O)Nc1ccc(COC(=O)N[C@H]2CCc3c(C)c(F)cc4nc5c(c2c34)Cn2c-5cc3c(c2=O)COC(=O)[C@]3(O)CC)cc1)C(C)C. The van der Waals surface area contributed by atoms with Crippen molar-refractivity contribution >= 4 is 70.4 Å². The third kappa shape index (κ3) is 35.1. The molecule has 3 aliphatic rings. The molecule has 2 aliphatic heterocycles. The van der Waals surface area contributed by atoms with Crippen LogP contribution in [0.2, 0.25) is 0 Å². The number of nitrogens with two attached hydrogens (primary N) is 1. The molecular weight excluding hydrogens is 1710 g/mol. The molecule has 41 heteroatoms. The van der Waals surface area contributed by atoms with Gasteiger partial charge >= 0.3 is 30.2 Å². The average Bonchev–Trinajstić information content (AvgIpc) is 1.57. The number of alkyl carbamates (subject to hydrolysis) is 2. The molecular formula is C90H134FN13O27. The molecule has 5 aromatic rings. The number of nitrogens with zero attached hydrogens (tertiary/aromatic N) is 5. The molecule has 40 nitrogen and oxygen atoms in total. The highest BCUT2D eigenvalue weighted by Gasteiger charge is 2.46. The van der Waals surface area contributed by atoms with Crippen molar-refractivity contribution < 1.29 is 128 Å². The number of benzene rings is 2. The van der Waals surface area contributed by atoms with E-state index in [4.69, 9.17) is 86.5 Å². The number of ether oxygens (including phenoxy) is 16. The van der Waals surface area contributed by atoms with Crippen LogP contribution in [0.25, 0.3) is 22.3 Å². The van der Waals surface area contributed by atoms with E-state index in [1.165, 1.54) is 10.6 Å². The van der Waals surface area contributed by atoms with Crippen molar-refractivity contribution in [1.29, 1.82) is 0 Å². The molecule has 0 saturated carbocycles. The van der Waals surface area contributed by atoms with Crippen LogP contribution < -0.4 is 48.5 Å². The third-order valence-electron chi connectivity index (χ3n) is 21.6. The van der Waals surface area contributed by atoms with E-state index in [1.54, 1.807) is 96.6 Å². The first kappa shape index (κ1) is 106. The van der Waals surface area contributed by atoms with Crippen LogP contribution in [0.15, 0.2) is 47.4 Å². The number of fused-ring (bicyclic) bond motifs is 5. The second-order valence-electron chi connectivity index (χ2n) is 32.7. The van der Waals surface area contributed by atoms with E-state index in [0.717, 1.165) is 11.3 Å². The number of unbranched alkanes of at least 4 members (excludes halogenated alkanes) is 1. The van der Waals surface area contributed by atoms with Crippen LogP contribution in [-0.2, 0) is 149 Å². The zero-order valence-corrected chi connectivity index (χ0v) is 77.0. The Kier molecular flexibility index (Phi) is 46.1. The van der Waals surface area contributed by atoms with E-state index in [2.05, 4.69) is 47.5 Å². The van der Waals surface area contributed by atoms with E-state index in [0.29, 0.717) is 247 Å². The van der Waals surface area contributed by atoms with Crippen molar-refractivity contribution in [2.24, 2.45) is 17.6 Å². The lowest BCUT2D eigenvalue weighted by Gasteiger charge is -2.31. The largest absolute Gasteiger partial charge is 0.466 e. The molecule has 2 aromatic carbocycles. The van der Waals surface area contributed by atoms with Gasteiger partial charge in [0.05, 0.1) is 225 Å². The molecule has 0 spiro atoms. The Balaban J connectivity index is 0.628. The number of aliphatic hydroxyl groups is 1. The number of rotatable bonds is 65. The number of esters is 2. The fourth-order valence-electron chi connectivity index (χ4n) is 14.7. The number of primary amides is 1. The normalized spacial score (nSPS) is 15.3. The van der Waals surface area contributed by atoms with Gasteiger partial charge in [-0.3, -0.25) is 28.8 Å². The van der Waals surface area contributed by atoms with Crippen molar-refractivity contribution in [2.75, 3.05) is 184 Å². The van der Waals surface area contributed by atoms with Gasteiger partial charge in [-0.05, 0) is 139 Å². The van der Waals surface area contributed by atoms with E-state index in [1.807, 2.05) is 6.92 Å². The summed E-state index contributed by atoms with van der Waals surface area (Å²) >= 11 is 0. The minimum absolute atomic E-state index is 0.00990. The third-order valence-corrected chi connectivity index (χ3v) is 21.6. The topological polar surface area (TPSA) is 497 Å². The monoisotopic (exact) mass is 1850 g/mol. The molecule has 1 unspecified atom stereocenters. The first-order valence-corrected chi connectivity index (χ1v) is 45.2. The number of aryl methyl sites for hydroxylation is 1. The molecule has 131 heavy (non-hydrogen) atoms. The Morgan fingerprint density at radius 2 is 1.20 bits per heavy atom. The fraction of sp³-hybridized carbons (Fsp3) is 0.656. The molecule has 1 aliphatic carbocycles. The fourth-order valence-corrected chi connectivity index (χ4v) is 14.7. The lowest BCUT2D eigenvalue weighted by atomic mass is 9.81. The molecule has 728 valence electrons. The maximum absolute atomic E-state index is 15.6. The van der Waals surface area contributed by atoms with Gasteiger partial charge in [-0.15, -0.1) is 5.10 Å². The highest BCUT2D eigenvalue weighted by molar-refractivity contribution is 5.99. The van der Waals surface area contributed by atoms with E-state index in [9.17, 15) is 53.1 Å². The number of carbonyl (C=O) groups is 9. The Morgan fingerprint density at radius 1 is 0.649 bits per heavy atom. The predicted octanol–water partition coefficient (Wildman–Crippen LogP) is 5.65. The number of halogens is 1. The van der Waals surface area contributed by atoms with Crippen LogP contribution in [0, 0.1) is 24.6 Å². The summed E-state index contributed by atoms with van der Waals surface area (Å²) in [6, 6.07) is 4.16. The van der Waals surface area contributed by atoms with Crippen LogP contribution in [-0.4, -0.2) is 285 Å². The molecule has 5 heterocycles. The van der Waals surface area contributed by atoms with Gasteiger partial charge < -0.3 is 128 Å². The smallest absolute Gasteiger partial charge is 0.408 e. The number of carbonyl (C=O) groups excluding carboxylic acids is 9. The standard InChI is InChI=1S/C90H134FN13O27/c1-10-62(84(110)128-12-3)52-64-55-95-102-104(64)27-29-117-31-33-119-35-37-121-39-41-123-43-45-125-47-49-127-51-50-126-48-46-124-44-42-122-40-38-120-36-34-118-32-30-116-28-24-75(105)93-25-14-13-16-72(100-88(114)131-89(7,8)9)81(107)101-78(59(4)5)82(108)98-71(17-15-26-94-86(92)112)80(106)96-63-20-18-61(19-21-63)57-130-87(113)99-70-23-22-65-60(6)69(91)54-73-76(65)77(70)66-56-103-74(79(66)97-73)53-68-67(83(103)109)58-129-85(111)90(68,115)11-2/h18-21,53-55,59,62,70-72,78,115H,10-17,22-52,56-58H2,1-9H3,(H,93,105)(H,96,106)(H,98,108)(H,99,113)(H,100,114)(H,101,107)(H3,92,94,112)/t62?,70-,71-,72-,78-,90-/m0/s1. The number of nitrogens with one attached hydrogen (secondary N) is 7. The van der Waals surface area contributed by atoms with Crippen LogP contribution in [0.4, 0.5) is 24.5 Å². The molecule has 6 atom stereocenters. The Hall–Kier alpha value is -10.0. The quantitative estimate of drug-likeness (QED) is 0.0127. The molecule has 10 N–H and O–H groups in total. The van der Waals surface area contributed by atoms with Gasteiger partial charge in [0.25, 0.3) is 5.56 Å². The summed E-state index contributed by atoms with van der Waals surface area (Å²) in [6.07, 6.45) is 3.02. The summed E-state index contributed by atoms with van der Waals surface area (Å²) in [6.45, 7) is 25.6. The van der Waals surface area contributed by atoms with Gasteiger partial charge in [0.2, 0.25) is 23.6 Å². The van der Waals surface area contributed by atoms with Crippen molar-refractivity contribution in [2.45, 2.75) is 195 Å². The number of anilines is 1. The zero-order chi connectivity index (χ0) is 94.5. The number of urea groups is 1. The van der Waals surface area contributed by atoms with Crippen LogP contribution in [0.3, 0.4) is 0 Å². The predicted molar refractivity (Wildman–Crippen MR) is 473 cm³/mol. The molecule has 8 rings (SSSR count). The molecule has 8 amide bonds. The van der Waals surface area contributed by atoms with E-state index >= 15 is 4.39 Å². The molecule has 0 radical (unpaired) electrons. The van der Waals surface area contributed by atoms with Crippen molar-refractivity contribution in [3.05, 3.63) is 103 Å². The van der Waals surface area contributed by atoms with Gasteiger partial charge in [-0.2, -0.15) is 0 Å². The lowest BCUT2D eigenvalue weighted by molar-refractivity contribution is -0.172. The molecule has 0 saturated heterocycles. The maximum Gasteiger partial charge on any atom is 0.408 e. The molecule has 3 aromatic heterocycles. The lowest BCUT2D eigenvalue weighted by Crippen LogP contribution is -2.58. The molecule has 0 fully saturated rings. The van der Waals surface area contributed by atoms with Gasteiger partial charge in [-0.1, -0.05) is 45.0 Å². The Labute approximate surface area is 762 Å². The number of cyclic esters (lactones) is 1. The van der Waals surface area contributed by atoms with E-state index in [-0.39, 0.29) is 107 Å². The second kappa shape index (κ2) is 56.8. The van der Waals surface area contributed by atoms with Crippen LogP contribution in [0.5, 0.6) is 0 Å². The number of pyridine rings is 2. The number of amides is 8. The Bertz CT molecular complexity index is 4510. The highest BCUT2D eigenvalue weighted by Crippen LogP contribution is 2.46. The van der Waals surface area contributed by atoms with Crippen molar-refractivity contribution in [1.82, 2.24) is 56.4 Å². The summed E-state index contributed by atoms with van der Waals surface area (Å²) in [5, 5.41) is 39.5. The zero-order valence-electron chi connectivity index (χ0n) is 77.0. The van der Waals surface area contributed by atoms with Gasteiger partial charge in [0, 0.05) is 54.2 Å². The summed E-state index contributed by atoms with van der Waals surface area (Å²) in [7, 11) is 0. The highest BCUT2D eigenvalue weighted by atomic mass is 19.1. The van der Waals surface area contributed by atoms with Crippen molar-refractivity contribution in [3.63, 3.8) is 0 Å². The second-order valence-corrected chi connectivity index (χ2v) is 32.7. The van der Waals surface area contributed by atoms with Crippen LogP contribution in [0.1, 0.15) is 164 Å². The first-order valence-electron chi connectivity index (χ1n) is 45.2. The number of hydrogen-bond donors (Lipinski definition) is 9. The van der Waals surface area contributed by atoms with E-state index < -0.39 is 94.6 Å². The first-order chi connectivity index (χ1) is 63.1. The summed E-state index contributed by atoms with van der Waals surface area (Å²) in [5.74, 6) is -4.66. The molecule has 0 bridgehead atoms. The number of aromatic nitrogens is 5. The van der Waals surface area contributed by atoms with Crippen LogP contribution >= 0.6 is 0 Å². The summed E-state index contributed by atoms with van der Waals surface area (Å²) in [5.41, 5.74) is 7.17. The van der Waals surface area contributed by atoms with Gasteiger partial charge in [-0.25, -0.2) is 33.2 Å². The minimum Gasteiger partial charge on any atom is -0.466 e. The van der Waals surface area contributed by atoms with Gasteiger partial charge in [0.1, 0.15) is 42.8 Å². The minimum atomic E-state index is -2.07. The van der Waals surface area contributed by atoms with Gasteiger partial charge in [0.15, 0.2) is 5.60 Å². The number of hydrogen-bond acceptors (Lipinski definition) is 30.